The van der Waals surface area contributed by atoms with Crippen molar-refractivity contribution in [2.45, 2.75) is 131 Å². The van der Waals surface area contributed by atoms with E-state index in [1.807, 2.05) is 0 Å². The van der Waals surface area contributed by atoms with Crippen molar-refractivity contribution >= 4 is 0 Å². The van der Waals surface area contributed by atoms with E-state index >= 15 is 0 Å². The van der Waals surface area contributed by atoms with E-state index in [2.05, 4.69) is 139 Å². The molecule has 0 atom stereocenters. The van der Waals surface area contributed by atoms with E-state index in [4.69, 9.17) is 4.74 Å². The van der Waals surface area contributed by atoms with Crippen molar-refractivity contribution in [2.75, 3.05) is 13.2 Å². The first kappa shape index (κ1) is 36.9. The first-order valence-electron chi connectivity index (χ1n) is 19.1. The fourth-order valence-corrected chi connectivity index (χ4v) is 7.05. The molecular weight excluding hydrogens is 597 g/mol. The molecule has 0 unspecified atom stereocenters. The topological polar surface area (TPSA) is 33.3 Å². The molecule has 0 saturated heterocycles. The van der Waals surface area contributed by atoms with Crippen LogP contribution in [0.3, 0.4) is 0 Å². The van der Waals surface area contributed by atoms with E-state index in [0.717, 1.165) is 45.0 Å². The lowest BCUT2D eigenvalue weighted by Gasteiger charge is -2.18. The van der Waals surface area contributed by atoms with Crippen molar-refractivity contribution in [2.24, 2.45) is 0 Å². The van der Waals surface area contributed by atoms with Crippen LogP contribution in [0, 0.1) is 0 Å². The quantitative estimate of drug-likeness (QED) is 0.229. The molecule has 0 amide bonds. The van der Waals surface area contributed by atoms with Gasteiger partial charge >= 0.3 is 0 Å². The Bertz CT molecular complexity index is 1520. The van der Waals surface area contributed by atoms with E-state index in [0.29, 0.717) is 23.7 Å². The molecule has 1 aliphatic carbocycles. The Hall–Kier alpha value is -3.40. The van der Waals surface area contributed by atoms with E-state index in [9.17, 15) is 0 Å². The zero-order valence-electron chi connectivity index (χ0n) is 31.7. The molecule has 0 aromatic heterocycles. The minimum atomic E-state index is 0.621. The second-order valence-electron chi connectivity index (χ2n) is 15.6. The molecule has 4 aliphatic rings. The van der Waals surface area contributed by atoms with E-state index < -0.39 is 0 Å². The normalized spacial score (nSPS) is 15.3. The molecule has 0 saturated carbocycles. The molecule has 0 bridgehead atoms. The van der Waals surface area contributed by atoms with Crippen LogP contribution in [0.4, 0.5) is 0 Å². The first-order chi connectivity index (χ1) is 23.6. The van der Waals surface area contributed by atoms with Gasteiger partial charge in [-0.1, -0.05) is 122 Å². The van der Waals surface area contributed by atoms with Crippen LogP contribution in [0.2, 0.25) is 0 Å². The largest absolute Gasteiger partial charge is 0.493 e. The average molecular weight is 659 g/mol. The van der Waals surface area contributed by atoms with Gasteiger partial charge in [-0.15, -0.1) is 0 Å². The molecule has 262 valence electrons. The highest BCUT2D eigenvalue weighted by atomic mass is 16.5. The van der Waals surface area contributed by atoms with Gasteiger partial charge < -0.3 is 15.4 Å². The van der Waals surface area contributed by atoms with Gasteiger partial charge in [-0.25, -0.2) is 0 Å². The Kier molecular flexibility index (Phi) is 13.2. The maximum absolute atomic E-state index is 5.43. The number of nitrogens with one attached hydrogen (secondary N) is 2. The predicted molar refractivity (Wildman–Crippen MR) is 209 cm³/mol. The molecule has 0 fully saturated rings. The molecular formula is C46H62N2O. The number of rotatable bonds is 4. The summed E-state index contributed by atoms with van der Waals surface area (Å²) in [6.45, 7) is 23.1. The lowest BCUT2D eigenvalue weighted by molar-refractivity contribution is 0.357. The van der Waals surface area contributed by atoms with Crippen LogP contribution in [0.1, 0.15) is 147 Å². The molecule has 3 heterocycles. The molecule has 3 heteroatoms. The van der Waals surface area contributed by atoms with Crippen LogP contribution >= 0.6 is 0 Å². The van der Waals surface area contributed by atoms with Gasteiger partial charge in [0.2, 0.25) is 0 Å². The van der Waals surface area contributed by atoms with Gasteiger partial charge in [0.05, 0.1) is 6.61 Å². The summed E-state index contributed by atoms with van der Waals surface area (Å²) in [6, 6.07) is 27.3. The summed E-state index contributed by atoms with van der Waals surface area (Å²) in [6.07, 6.45) is 6.23. The van der Waals surface area contributed by atoms with Gasteiger partial charge in [-0.05, 0) is 123 Å². The number of hydrogen-bond acceptors (Lipinski definition) is 3. The minimum absolute atomic E-state index is 0.621. The lowest BCUT2D eigenvalue weighted by atomic mass is 9.94. The molecule has 4 aromatic rings. The van der Waals surface area contributed by atoms with Gasteiger partial charge in [0.1, 0.15) is 5.75 Å². The SMILES string of the molecule is CC(C)c1ccc2c(c1)CCC2.CC(C)c1ccc2c(c1)CCNC2.CC(C)c1ccc2c(c1)CCO2.CC(C)c1ccc2c(c1)CNC2. The number of hydrogen-bond donors (Lipinski definition) is 2. The molecule has 0 radical (unpaired) electrons. The Morgan fingerprint density at radius 2 is 0.878 bits per heavy atom. The molecule has 49 heavy (non-hydrogen) atoms. The van der Waals surface area contributed by atoms with Crippen LogP contribution in [0.25, 0.3) is 0 Å². The average Bonchev–Trinajstić information content (AvgIpc) is 3.89. The molecule has 0 spiro atoms. The summed E-state index contributed by atoms with van der Waals surface area (Å²) in [5, 5.41) is 6.74. The van der Waals surface area contributed by atoms with Crippen molar-refractivity contribution in [3.05, 3.63) is 134 Å². The van der Waals surface area contributed by atoms with Crippen LogP contribution in [-0.4, -0.2) is 13.2 Å². The van der Waals surface area contributed by atoms with Crippen molar-refractivity contribution in [3.63, 3.8) is 0 Å². The Morgan fingerprint density at radius 1 is 0.429 bits per heavy atom. The van der Waals surface area contributed by atoms with Crippen LogP contribution in [0.5, 0.6) is 5.75 Å². The lowest BCUT2D eigenvalue weighted by Crippen LogP contribution is -2.23. The van der Waals surface area contributed by atoms with Gasteiger partial charge in [0.25, 0.3) is 0 Å². The third-order valence-corrected chi connectivity index (χ3v) is 10.5. The highest BCUT2D eigenvalue weighted by molar-refractivity contribution is 5.41. The van der Waals surface area contributed by atoms with E-state index in [1.54, 1.807) is 16.7 Å². The van der Waals surface area contributed by atoms with Crippen molar-refractivity contribution in [1.82, 2.24) is 10.6 Å². The zero-order chi connectivity index (χ0) is 34.9. The summed E-state index contributed by atoms with van der Waals surface area (Å²) >= 11 is 0. The number of ether oxygens (including phenoxy) is 1. The molecule has 3 nitrogen and oxygen atoms in total. The predicted octanol–water partition coefficient (Wildman–Crippen LogP) is 10.9. The van der Waals surface area contributed by atoms with Crippen molar-refractivity contribution < 1.29 is 4.74 Å². The van der Waals surface area contributed by atoms with Crippen LogP contribution in [-0.2, 0) is 45.3 Å². The summed E-state index contributed by atoms with van der Waals surface area (Å²) < 4.78 is 5.43. The maximum atomic E-state index is 5.43. The zero-order valence-corrected chi connectivity index (χ0v) is 31.7. The van der Waals surface area contributed by atoms with Crippen molar-refractivity contribution in [3.8, 4) is 5.75 Å². The van der Waals surface area contributed by atoms with Crippen LogP contribution in [0.15, 0.2) is 72.8 Å². The van der Waals surface area contributed by atoms with E-state index in [1.165, 1.54) is 70.2 Å². The summed E-state index contributed by atoms with van der Waals surface area (Å²) in [4.78, 5) is 0. The van der Waals surface area contributed by atoms with Gasteiger partial charge in [-0.3, -0.25) is 0 Å². The second kappa shape index (κ2) is 17.5. The molecule has 2 N–H and O–H groups in total. The van der Waals surface area contributed by atoms with E-state index in [-0.39, 0.29) is 0 Å². The monoisotopic (exact) mass is 658 g/mol. The second-order valence-corrected chi connectivity index (χ2v) is 15.6. The smallest absolute Gasteiger partial charge is 0.122 e. The number of benzene rings is 4. The molecule has 3 aliphatic heterocycles. The van der Waals surface area contributed by atoms with Gasteiger partial charge in [-0.2, -0.15) is 0 Å². The molecule has 8 rings (SSSR count). The third kappa shape index (κ3) is 10.1. The fraction of sp³-hybridized carbons (Fsp3) is 0.478. The summed E-state index contributed by atoms with van der Waals surface area (Å²) in [7, 11) is 0. The highest BCUT2D eigenvalue weighted by Gasteiger charge is 2.14. The minimum Gasteiger partial charge on any atom is -0.493 e. The fourth-order valence-electron chi connectivity index (χ4n) is 7.05. The Labute approximate surface area is 298 Å². The van der Waals surface area contributed by atoms with Crippen LogP contribution < -0.4 is 15.4 Å². The maximum Gasteiger partial charge on any atom is 0.122 e. The number of aryl methyl sites for hydroxylation is 2. The summed E-state index contributed by atoms with van der Waals surface area (Å²) in [5.41, 5.74) is 16.4. The highest BCUT2D eigenvalue weighted by Crippen LogP contribution is 2.29. The first-order valence-corrected chi connectivity index (χ1v) is 19.1. The Morgan fingerprint density at radius 3 is 1.49 bits per heavy atom. The third-order valence-electron chi connectivity index (χ3n) is 10.5. The number of fused-ring (bicyclic) bond motifs is 4. The summed E-state index contributed by atoms with van der Waals surface area (Å²) in [5.74, 6) is 3.68. The van der Waals surface area contributed by atoms with Crippen molar-refractivity contribution in [1.29, 1.82) is 0 Å². The Balaban J connectivity index is 0.000000127. The van der Waals surface area contributed by atoms with Gasteiger partial charge in [0.15, 0.2) is 0 Å². The molecule has 4 aromatic carbocycles. The standard InChI is InChI=1S/C12H17N.C12H16.C11H15N.C11H14O/c1-9(2)10-3-4-12-8-13-6-5-11(12)7-10;1-9(2)11-7-6-10-4-3-5-12(10)8-11;1-8(2)9-3-4-10-6-12-7-11(10)5-9;1-8(2)9-3-4-11-10(7-9)5-6-12-11/h3-4,7,9,13H,5-6,8H2,1-2H3;6-9H,3-5H2,1-2H3;3-5,8,12H,6-7H2,1-2H3;3-4,7-8H,5-6H2,1-2H3. The van der Waals surface area contributed by atoms with Gasteiger partial charge in [0, 0.05) is 26.1 Å².